The maximum Gasteiger partial charge on any atom is 0.255 e. The van der Waals surface area contributed by atoms with E-state index in [0.29, 0.717) is 16.9 Å². The van der Waals surface area contributed by atoms with Crippen molar-refractivity contribution in [3.8, 4) is 0 Å². The molecule has 0 bridgehead atoms. The summed E-state index contributed by atoms with van der Waals surface area (Å²) in [4.78, 5) is 24.1. The van der Waals surface area contributed by atoms with E-state index in [1.165, 1.54) is 0 Å². The molecular weight excluding hydrogens is 403 g/mol. The van der Waals surface area contributed by atoms with Gasteiger partial charge in [-0.25, -0.2) is 0 Å². The molecule has 4 nitrogen and oxygen atoms in total. The van der Waals surface area contributed by atoms with Crippen molar-refractivity contribution < 1.29 is 9.59 Å². The molecule has 0 saturated carbocycles. The van der Waals surface area contributed by atoms with E-state index in [1.807, 2.05) is 32.9 Å². The highest BCUT2D eigenvalue weighted by atomic mass is 127. The third kappa shape index (κ3) is 4.79. The highest BCUT2D eigenvalue weighted by Crippen LogP contribution is 2.18. The van der Waals surface area contributed by atoms with Crippen LogP contribution in [0, 0.1) is 16.4 Å². The van der Waals surface area contributed by atoms with Gasteiger partial charge >= 0.3 is 0 Å². The molecule has 0 aliphatic heterocycles. The smallest absolute Gasteiger partial charge is 0.255 e. The van der Waals surface area contributed by atoms with Crippen molar-refractivity contribution in [1.29, 1.82) is 0 Å². The monoisotopic (exact) mass is 422 g/mol. The zero-order valence-electron chi connectivity index (χ0n) is 13.3. The molecule has 5 heteroatoms. The molecule has 2 rings (SSSR count). The molecule has 0 aliphatic rings. The van der Waals surface area contributed by atoms with E-state index >= 15 is 0 Å². The molecule has 0 aliphatic carbocycles. The molecule has 2 aromatic rings. The molecule has 0 fully saturated rings. The van der Waals surface area contributed by atoms with Gasteiger partial charge in [0.15, 0.2) is 0 Å². The summed E-state index contributed by atoms with van der Waals surface area (Å²) in [6, 6.07) is 12.7. The van der Waals surface area contributed by atoms with E-state index in [9.17, 15) is 9.59 Å². The number of nitrogens with one attached hydrogen (secondary N) is 2. The number of hydrogen-bond donors (Lipinski definition) is 2. The van der Waals surface area contributed by atoms with Crippen molar-refractivity contribution in [3.63, 3.8) is 0 Å². The summed E-state index contributed by atoms with van der Waals surface area (Å²) in [6.45, 7) is 5.67. The van der Waals surface area contributed by atoms with E-state index in [2.05, 4.69) is 33.2 Å². The second-order valence-electron chi connectivity index (χ2n) is 5.64. The van der Waals surface area contributed by atoms with Crippen molar-refractivity contribution in [3.05, 3.63) is 57.2 Å². The lowest BCUT2D eigenvalue weighted by Gasteiger charge is -2.10. The number of anilines is 2. The van der Waals surface area contributed by atoms with Crippen LogP contribution in [-0.2, 0) is 4.79 Å². The first kappa shape index (κ1) is 17.5. The summed E-state index contributed by atoms with van der Waals surface area (Å²) in [5, 5.41) is 5.67. The Labute approximate surface area is 149 Å². The van der Waals surface area contributed by atoms with Crippen molar-refractivity contribution in [2.24, 2.45) is 5.92 Å². The fraction of sp³-hybridized carbons (Fsp3) is 0.222. The number of rotatable bonds is 4. The van der Waals surface area contributed by atoms with Gasteiger partial charge in [0.1, 0.15) is 0 Å². The van der Waals surface area contributed by atoms with Crippen molar-refractivity contribution in [2.45, 2.75) is 20.8 Å². The Hall–Kier alpha value is -1.89. The summed E-state index contributed by atoms with van der Waals surface area (Å²) in [5.74, 6) is -0.320. The molecule has 0 unspecified atom stereocenters. The summed E-state index contributed by atoms with van der Waals surface area (Å²) in [5.41, 5.74) is 3.06. The molecule has 0 radical (unpaired) electrons. The van der Waals surface area contributed by atoms with Crippen LogP contribution in [0.1, 0.15) is 29.8 Å². The van der Waals surface area contributed by atoms with Gasteiger partial charge < -0.3 is 10.6 Å². The molecule has 0 atom stereocenters. The van der Waals surface area contributed by atoms with Gasteiger partial charge in [-0.15, -0.1) is 0 Å². The molecule has 23 heavy (non-hydrogen) atoms. The number of halogens is 1. The first-order chi connectivity index (χ1) is 10.9. The van der Waals surface area contributed by atoms with E-state index in [0.717, 1.165) is 9.13 Å². The topological polar surface area (TPSA) is 58.2 Å². The summed E-state index contributed by atoms with van der Waals surface area (Å²) >= 11 is 2.21. The highest BCUT2D eigenvalue weighted by Gasteiger charge is 2.10. The van der Waals surface area contributed by atoms with Crippen molar-refractivity contribution >= 4 is 45.8 Å². The molecule has 2 aromatic carbocycles. The van der Waals surface area contributed by atoms with Gasteiger partial charge in [0, 0.05) is 26.4 Å². The first-order valence-electron chi connectivity index (χ1n) is 7.35. The second-order valence-corrected chi connectivity index (χ2v) is 6.81. The molecule has 0 heterocycles. The lowest BCUT2D eigenvalue weighted by atomic mass is 10.1. The molecular formula is C18H19IN2O2. The van der Waals surface area contributed by atoms with Crippen molar-refractivity contribution in [1.82, 2.24) is 0 Å². The zero-order valence-corrected chi connectivity index (χ0v) is 15.5. The number of carbonyl (C=O) groups is 2. The van der Waals surface area contributed by atoms with Crippen LogP contribution in [0.2, 0.25) is 0 Å². The molecule has 120 valence electrons. The Morgan fingerprint density at radius 1 is 1.00 bits per heavy atom. The standard InChI is InChI=1S/C18H19IN2O2/c1-11(2)17(22)20-14-5-4-6-15(10-14)21-18(23)13-8-7-12(3)16(19)9-13/h4-11H,1-3H3,(H,20,22)(H,21,23). The predicted molar refractivity (Wildman–Crippen MR) is 102 cm³/mol. The van der Waals surface area contributed by atoms with Crippen LogP contribution >= 0.6 is 22.6 Å². The van der Waals surface area contributed by atoms with Crippen molar-refractivity contribution in [2.75, 3.05) is 10.6 Å². The summed E-state index contributed by atoms with van der Waals surface area (Å²) in [7, 11) is 0. The number of amides is 2. The van der Waals surface area contributed by atoms with Crippen LogP contribution in [0.4, 0.5) is 11.4 Å². The second kappa shape index (κ2) is 7.59. The van der Waals surface area contributed by atoms with Gasteiger partial charge in [-0.05, 0) is 65.4 Å². The van der Waals surface area contributed by atoms with E-state index in [-0.39, 0.29) is 17.7 Å². The molecule has 0 spiro atoms. The zero-order chi connectivity index (χ0) is 17.0. The normalized spacial score (nSPS) is 10.5. The minimum Gasteiger partial charge on any atom is -0.326 e. The number of carbonyl (C=O) groups excluding carboxylic acids is 2. The van der Waals surface area contributed by atoms with E-state index in [4.69, 9.17) is 0 Å². The maximum absolute atomic E-state index is 12.3. The summed E-state index contributed by atoms with van der Waals surface area (Å²) < 4.78 is 1.05. The summed E-state index contributed by atoms with van der Waals surface area (Å²) in [6.07, 6.45) is 0. The first-order valence-corrected chi connectivity index (χ1v) is 8.43. The minimum absolute atomic E-state index is 0.0541. The third-order valence-electron chi connectivity index (χ3n) is 3.35. The predicted octanol–water partition coefficient (Wildman–Crippen LogP) is 4.45. The van der Waals surface area contributed by atoms with Crippen LogP contribution in [0.25, 0.3) is 0 Å². The van der Waals surface area contributed by atoms with Crippen LogP contribution in [0.15, 0.2) is 42.5 Å². The molecule has 0 saturated heterocycles. The number of benzene rings is 2. The number of aryl methyl sites for hydroxylation is 1. The third-order valence-corrected chi connectivity index (χ3v) is 4.51. The Kier molecular flexibility index (Phi) is 5.76. The van der Waals surface area contributed by atoms with Gasteiger partial charge in [-0.3, -0.25) is 9.59 Å². The van der Waals surface area contributed by atoms with E-state index in [1.54, 1.807) is 30.3 Å². The molecule has 0 aromatic heterocycles. The average molecular weight is 422 g/mol. The van der Waals surface area contributed by atoms with Crippen LogP contribution in [0.3, 0.4) is 0 Å². The molecule has 2 amide bonds. The van der Waals surface area contributed by atoms with Gasteiger partial charge in [0.2, 0.25) is 5.91 Å². The lowest BCUT2D eigenvalue weighted by molar-refractivity contribution is -0.118. The Bertz CT molecular complexity index is 742. The number of hydrogen-bond acceptors (Lipinski definition) is 2. The van der Waals surface area contributed by atoms with Crippen LogP contribution < -0.4 is 10.6 Å². The van der Waals surface area contributed by atoms with Gasteiger partial charge in [-0.1, -0.05) is 26.0 Å². The Morgan fingerprint density at radius 2 is 1.65 bits per heavy atom. The largest absolute Gasteiger partial charge is 0.326 e. The Balaban J connectivity index is 2.12. The van der Waals surface area contributed by atoms with Gasteiger partial charge in [-0.2, -0.15) is 0 Å². The minimum atomic E-state index is -0.171. The average Bonchev–Trinajstić information content (AvgIpc) is 2.50. The SMILES string of the molecule is Cc1ccc(C(=O)Nc2cccc(NC(=O)C(C)C)c2)cc1I. The quantitative estimate of drug-likeness (QED) is 0.716. The highest BCUT2D eigenvalue weighted by molar-refractivity contribution is 14.1. The van der Waals surface area contributed by atoms with Crippen LogP contribution in [-0.4, -0.2) is 11.8 Å². The fourth-order valence-corrected chi connectivity index (χ4v) is 2.41. The van der Waals surface area contributed by atoms with E-state index < -0.39 is 0 Å². The lowest BCUT2D eigenvalue weighted by Crippen LogP contribution is -2.18. The molecule has 2 N–H and O–H groups in total. The van der Waals surface area contributed by atoms with Gasteiger partial charge in [0.25, 0.3) is 5.91 Å². The fourth-order valence-electron chi connectivity index (χ4n) is 1.90. The van der Waals surface area contributed by atoms with Gasteiger partial charge in [0.05, 0.1) is 0 Å². The Morgan fingerprint density at radius 3 is 2.26 bits per heavy atom. The maximum atomic E-state index is 12.3. The van der Waals surface area contributed by atoms with Crippen LogP contribution in [0.5, 0.6) is 0 Å².